The molecule has 0 aliphatic heterocycles. The SMILES string of the molecule is CCCCCCCCCCCCCCCCCC(=O)NCCCCCCOP(=O)(O)OC(C)(C)C. The molecule has 0 saturated heterocycles. The summed E-state index contributed by atoms with van der Waals surface area (Å²) in [4.78, 5) is 21.6. The molecule has 0 radical (unpaired) electrons. The lowest BCUT2D eigenvalue weighted by Gasteiger charge is -2.22. The Kier molecular flexibility index (Phi) is 22.5. The van der Waals surface area contributed by atoms with Gasteiger partial charge in [0.05, 0.1) is 12.2 Å². The second-order valence-corrected chi connectivity index (χ2v) is 12.3. The molecule has 7 heteroatoms. The molecule has 1 amide bonds. The van der Waals surface area contributed by atoms with Gasteiger partial charge in [-0.2, -0.15) is 0 Å². The summed E-state index contributed by atoms with van der Waals surface area (Å²) >= 11 is 0. The second kappa shape index (κ2) is 22.8. The molecule has 2 N–H and O–H groups in total. The highest BCUT2D eigenvalue weighted by Crippen LogP contribution is 2.47. The molecule has 0 fully saturated rings. The topological polar surface area (TPSA) is 84.9 Å². The van der Waals surface area contributed by atoms with Crippen molar-refractivity contribution < 1.29 is 23.3 Å². The number of nitrogens with one attached hydrogen (secondary N) is 1. The molecule has 35 heavy (non-hydrogen) atoms. The molecule has 0 saturated carbocycles. The zero-order valence-electron chi connectivity index (χ0n) is 23.6. The van der Waals surface area contributed by atoms with Gasteiger partial charge in [0.25, 0.3) is 0 Å². The highest BCUT2D eigenvalue weighted by molar-refractivity contribution is 7.47. The molecule has 1 atom stereocenters. The van der Waals surface area contributed by atoms with E-state index in [2.05, 4.69) is 12.2 Å². The van der Waals surface area contributed by atoms with E-state index in [1.54, 1.807) is 20.8 Å². The Morgan fingerprint density at radius 2 is 1.14 bits per heavy atom. The zero-order valence-corrected chi connectivity index (χ0v) is 24.5. The fourth-order valence-corrected chi connectivity index (χ4v) is 5.21. The third-order valence-electron chi connectivity index (χ3n) is 6.04. The minimum absolute atomic E-state index is 0.156. The third-order valence-corrected chi connectivity index (χ3v) is 7.33. The standard InChI is InChI=1S/C28H58NO5P/c1-5-6-7-8-9-10-11-12-13-14-15-16-17-18-21-24-27(30)29-25-22-19-20-23-26-33-35(31,32)34-28(2,3)4/h5-26H2,1-4H3,(H,29,30)(H,31,32). The number of carbonyl (C=O) groups excluding carboxylic acids is 1. The molecule has 0 aromatic rings. The quantitative estimate of drug-likeness (QED) is 0.0929. The van der Waals surface area contributed by atoms with Gasteiger partial charge in [-0.15, -0.1) is 0 Å². The maximum absolute atomic E-state index is 11.9. The van der Waals surface area contributed by atoms with Crippen molar-refractivity contribution in [2.45, 2.75) is 162 Å². The summed E-state index contributed by atoms with van der Waals surface area (Å²) in [6.45, 7) is 8.32. The van der Waals surface area contributed by atoms with Gasteiger partial charge in [0, 0.05) is 13.0 Å². The smallest absolute Gasteiger partial charge is 0.356 e. The molecule has 0 aliphatic carbocycles. The van der Waals surface area contributed by atoms with Gasteiger partial charge in [-0.3, -0.25) is 13.8 Å². The van der Waals surface area contributed by atoms with Gasteiger partial charge in [0.15, 0.2) is 0 Å². The number of amides is 1. The molecule has 6 nitrogen and oxygen atoms in total. The molecule has 0 aromatic heterocycles. The molecule has 0 heterocycles. The van der Waals surface area contributed by atoms with Crippen LogP contribution in [-0.2, 0) is 18.4 Å². The second-order valence-electron chi connectivity index (χ2n) is 11.0. The number of rotatable bonds is 25. The highest BCUT2D eigenvalue weighted by atomic mass is 31.2. The average Bonchev–Trinajstić information content (AvgIpc) is 2.76. The Bertz CT molecular complexity index is 536. The van der Waals surface area contributed by atoms with Gasteiger partial charge in [-0.1, -0.05) is 110 Å². The van der Waals surface area contributed by atoms with Crippen molar-refractivity contribution in [1.82, 2.24) is 5.32 Å². The zero-order chi connectivity index (χ0) is 26.3. The maximum Gasteiger partial charge on any atom is 0.472 e. The molecule has 1 unspecified atom stereocenters. The predicted octanol–water partition coefficient (Wildman–Crippen LogP) is 8.86. The van der Waals surface area contributed by atoms with Gasteiger partial charge >= 0.3 is 7.82 Å². The number of hydrogen-bond donors (Lipinski definition) is 2. The monoisotopic (exact) mass is 519 g/mol. The number of carbonyl (C=O) groups is 1. The molecule has 0 rings (SSSR count). The fraction of sp³-hybridized carbons (Fsp3) is 0.964. The van der Waals surface area contributed by atoms with Gasteiger partial charge < -0.3 is 10.2 Å². The van der Waals surface area contributed by atoms with Crippen molar-refractivity contribution in [2.75, 3.05) is 13.2 Å². The summed E-state index contributed by atoms with van der Waals surface area (Å²) < 4.78 is 21.8. The van der Waals surface area contributed by atoms with E-state index < -0.39 is 13.4 Å². The molecular formula is C28H58NO5P. The Hall–Kier alpha value is -0.420. The summed E-state index contributed by atoms with van der Waals surface area (Å²) in [5.74, 6) is 0.156. The average molecular weight is 520 g/mol. The first-order valence-electron chi connectivity index (χ1n) is 14.6. The predicted molar refractivity (Wildman–Crippen MR) is 148 cm³/mol. The fourth-order valence-electron chi connectivity index (χ4n) is 4.11. The van der Waals surface area contributed by atoms with Gasteiger partial charge in [-0.25, -0.2) is 4.57 Å². The normalized spacial score (nSPS) is 13.6. The Balaban J connectivity index is 3.32. The van der Waals surface area contributed by atoms with Crippen molar-refractivity contribution in [3.8, 4) is 0 Å². The minimum Gasteiger partial charge on any atom is -0.356 e. The lowest BCUT2D eigenvalue weighted by Crippen LogP contribution is -2.23. The van der Waals surface area contributed by atoms with Crippen LogP contribution in [0, 0.1) is 0 Å². The first kappa shape index (κ1) is 34.6. The Morgan fingerprint density at radius 3 is 1.63 bits per heavy atom. The molecule has 0 bridgehead atoms. The van der Waals surface area contributed by atoms with Crippen molar-refractivity contribution in [2.24, 2.45) is 0 Å². The molecule has 0 spiro atoms. The lowest BCUT2D eigenvalue weighted by molar-refractivity contribution is -0.121. The van der Waals surface area contributed by atoms with Gasteiger partial charge in [-0.05, 0) is 40.0 Å². The van der Waals surface area contributed by atoms with E-state index in [9.17, 15) is 14.3 Å². The highest BCUT2D eigenvalue weighted by Gasteiger charge is 2.28. The van der Waals surface area contributed by atoms with Gasteiger partial charge in [0.1, 0.15) is 0 Å². The van der Waals surface area contributed by atoms with Crippen LogP contribution in [0.4, 0.5) is 0 Å². The van der Waals surface area contributed by atoms with Crippen LogP contribution in [0.3, 0.4) is 0 Å². The number of phosphoric acid groups is 1. The summed E-state index contributed by atoms with van der Waals surface area (Å²) in [7, 11) is -3.98. The van der Waals surface area contributed by atoms with E-state index in [0.29, 0.717) is 19.4 Å². The molecular weight excluding hydrogens is 461 g/mol. The van der Waals surface area contributed by atoms with Crippen LogP contribution < -0.4 is 5.32 Å². The Morgan fingerprint density at radius 1 is 0.714 bits per heavy atom. The van der Waals surface area contributed by atoms with Crippen LogP contribution >= 0.6 is 7.82 Å². The van der Waals surface area contributed by atoms with Crippen LogP contribution in [0.1, 0.15) is 156 Å². The number of hydrogen-bond acceptors (Lipinski definition) is 4. The van der Waals surface area contributed by atoms with Crippen LogP contribution in [0.2, 0.25) is 0 Å². The third kappa shape index (κ3) is 28.0. The van der Waals surface area contributed by atoms with E-state index in [0.717, 1.165) is 32.1 Å². The largest absolute Gasteiger partial charge is 0.472 e. The summed E-state index contributed by atoms with van der Waals surface area (Å²) in [6.07, 6.45) is 24.1. The van der Waals surface area contributed by atoms with Crippen molar-refractivity contribution in [1.29, 1.82) is 0 Å². The van der Waals surface area contributed by atoms with Crippen LogP contribution in [0.15, 0.2) is 0 Å². The van der Waals surface area contributed by atoms with Crippen LogP contribution in [0.25, 0.3) is 0 Å². The number of phosphoric ester groups is 1. The van der Waals surface area contributed by atoms with Crippen LogP contribution in [-0.4, -0.2) is 29.6 Å². The summed E-state index contributed by atoms with van der Waals surface area (Å²) in [5.41, 5.74) is -0.713. The molecule has 210 valence electrons. The summed E-state index contributed by atoms with van der Waals surface area (Å²) in [6, 6.07) is 0. The van der Waals surface area contributed by atoms with E-state index in [4.69, 9.17) is 9.05 Å². The number of unbranched alkanes of at least 4 members (excludes halogenated alkanes) is 17. The maximum atomic E-state index is 11.9. The van der Waals surface area contributed by atoms with Crippen molar-refractivity contribution >= 4 is 13.7 Å². The summed E-state index contributed by atoms with van der Waals surface area (Å²) in [5, 5.41) is 3.00. The van der Waals surface area contributed by atoms with E-state index in [1.165, 1.54) is 83.5 Å². The first-order chi connectivity index (χ1) is 16.7. The van der Waals surface area contributed by atoms with Crippen molar-refractivity contribution in [3.05, 3.63) is 0 Å². The Labute approximate surface area is 217 Å². The molecule has 0 aromatic carbocycles. The van der Waals surface area contributed by atoms with E-state index in [-0.39, 0.29) is 12.5 Å². The van der Waals surface area contributed by atoms with Crippen molar-refractivity contribution in [3.63, 3.8) is 0 Å². The van der Waals surface area contributed by atoms with Gasteiger partial charge in [0.2, 0.25) is 5.91 Å². The molecule has 0 aliphatic rings. The van der Waals surface area contributed by atoms with Crippen LogP contribution in [0.5, 0.6) is 0 Å². The lowest BCUT2D eigenvalue weighted by atomic mass is 10.0. The van der Waals surface area contributed by atoms with E-state index in [1.807, 2.05) is 0 Å². The van der Waals surface area contributed by atoms with E-state index >= 15 is 0 Å². The minimum atomic E-state index is -3.98. The first-order valence-corrected chi connectivity index (χ1v) is 16.1.